The Bertz CT molecular complexity index is 538. The van der Waals surface area contributed by atoms with Crippen molar-refractivity contribution in [3.8, 4) is 0 Å². The number of ether oxygens (including phenoxy) is 2. The first-order valence-electron chi connectivity index (χ1n) is 6.67. The molecule has 0 radical (unpaired) electrons. The standard InChI is InChI=1S/C13H19N3O3S/c1-3-19-13(17)9-10-14-11(8-12(20)15(10)2)16-4-6-18-7-5-16/h8H,3-7,9H2,1-2H3. The van der Waals surface area contributed by atoms with Crippen LogP contribution in [0.25, 0.3) is 0 Å². The minimum Gasteiger partial charge on any atom is -0.466 e. The molecule has 110 valence electrons. The van der Waals surface area contributed by atoms with Gasteiger partial charge in [-0.25, -0.2) is 4.98 Å². The summed E-state index contributed by atoms with van der Waals surface area (Å²) >= 11 is 5.33. The summed E-state index contributed by atoms with van der Waals surface area (Å²) in [6.07, 6.45) is 0.131. The van der Waals surface area contributed by atoms with Crippen molar-refractivity contribution in [2.24, 2.45) is 7.05 Å². The number of hydrogen-bond donors (Lipinski definition) is 0. The van der Waals surface area contributed by atoms with Crippen LogP contribution in [-0.4, -0.2) is 48.4 Å². The summed E-state index contributed by atoms with van der Waals surface area (Å²) in [5.41, 5.74) is 0. The van der Waals surface area contributed by atoms with Gasteiger partial charge in [0.2, 0.25) is 0 Å². The normalized spacial score (nSPS) is 15.2. The average Bonchev–Trinajstić information content (AvgIpc) is 2.45. The van der Waals surface area contributed by atoms with Crippen molar-refractivity contribution in [1.29, 1.82) is 0 Å². The van der Waals surface area contributed by atoms with E-state index in [2.05, 4.69) is 9.88 Å². The van der Waals surface area contributed by atoms with Crippen LogP contribution in [0.2, 0.25) is 0 Å². The lowest BCUT2D eigenvalue weighted by Gasteiger charge is -2.28. The highest BCUT2D eigenvalue weighted by Gasteiger charge is 2.16. The third kappa shape index (κ3) is 3.55. The molecule has 1 aromatic rings. The lowest BCUT2D eigenvalue weighted by atomic mass is 10.3. The number of nitrogens with zero attached hydrogens (tertiary/aromatic N) is 3. The Morgan fingerprint density at radius 1 is 1.50 bits per heavy atom. The molecule has 2 heterocycles. The van der Waals surface area contributed by atoms with Gasteiger partial charge in [-0.1, -0.05) is 12.2 Å². The van der Waals surface area contributed by atoms with E-state index in [9.17, 15) is 4.79 Å². The molecule has 1 aromatic heterocycles. The predicted octanol–water partition coefficient (Wildman–Crippen LogP) is 1.09. The quantitative estimate of drug-likeness (QED) is 0.612. The minimum atomic E-state index is -0.288. The van der Waals surface area contributed by atoms with Gasteiger partial charge in [0.25, 0.3) is 0 Å². The summed E-state index contributed by atoms with van der Waals surface area (Å²) in [5.74, 6) is 1.14. The van der Waals surface area contributed by atoms with Gasteiger partial charge in [0, 0.05) is 26.2 Å². The summed E-state index contributed by atoms with van der Waals surface area (Å²) < 4.78 is 12.7. The lowest BCUT2D eigenvalue weighted by Crippen LogP contribution is -2.37. The largest absolute Gasteiger partial charge is 0.466 e. The summed E-state index contributed by atoms with van der Waals surface area (Å²) in [5, 5.41) is 0. The summed E-state index contributed by atoms with van der Waals surface area (Å²) in [6.45, 7) is 5.09. The fraction of sp³-hybridized carbons (Fsp3) is 0.615. The second-order valence-corrected chi connectivity index (χ2v) is 4.93. The number of esters is 1. The fourth-order valence-electron chi connectivity index (χ4n) is 2.03. The van der Waals surface area contributed by atoms with Gasteiger partial charge >= 0.3 is 5.97 Å². The van der Waals surface area contributed by atoms with Gasteiger partial charge in [-0.15, -0.1) is 0 Å². The molecule has 0 amide bonds. The average molecular weight is 297 g/mol. The zero-order chi connectivity index (χ0) is 14.5. The van der Waals surface area contributed by atoms with Gasteiger partial charge in [0.05, 0.1) is 19.8 Å². The molecular formula is C13H19N3O3S. The second kappa shape index (κ2) is 6.81. The lowest BCUT2D eigenvalue weighted by molar-refractivity contribution is -0.142. The third-order valence-electron chi connectivity index (χ3n) is 3.16. The van der Waals surface area contributed by atoms with Gasteiger partial charge in [-0.3, -0.25) is 4.79 Å². The van der Waals surface area contributed by atoms with Crippen LogP contribution >= 0.6 is 12.2 Å². The van der Waals surface area contributed by atoms with E-state index in [1.165, 1.54) is 0 Å². The SMILES string of the molecule is CCOC(=O)Cc1nc(N2CCOCC2)cc(=S)n1C. The van der Waals surface area contributed by atoms with E-state index in [1.807, 2.05) is 13.1 Å². The molecule has 20 heavy (non-hydrogen) atoms. The van der Waals surface area contributed by atoms with E-state index >= 15 is 0 Å². The second-order valence-electron chi connectivity index (χ2n) is 4.51. The van der Waals surface area contributed by atoms with Gasteiger partial charge in [0.15, 0.2) is 0 Å². The molecule has 1 aliphatic rings. The number of carbonyl (C=O) groups is 1. The molecule has 1 fully saturated rings. The first kappa shape index (κ1) is 14.9. The Balaban J connectivity index is 2.24. The molecule has 1 saturated heterocycles. The van der Waals surface area contributed by atoms with Crippen molar-refractivity contribution in [1.82, 2.24) is 9.55 Å². The number of morpholine rings is 1. The van der Waals surface area contributed by atoms with Crippen molar-refractivity contribution >= 4 is 24.0 Å². The molecule has 0 bridgehead atoms. The molecule has 0 aliphatic carbocycles. The topological polar surface area (TPSA) is 56.6 Å². The minimum absolute atomic E-state index is 0.131. The maximum absolute atomic E-state index is 11.6. The molecule has 0 atom stereocenters. The maximum atomic E-state index is 11.6. The highest BCUT2D eigenvalue weighted by molar-refractivity contribution is 7.71. The third-order valence-corrected chi connectivity index (χ3v) is 3.55. The van der Waals surface area contributed by atoms with Gasteiger partial charge in [0.1, 0.15) is 22.7 Å². The molecule has 7 heteroatoms. The zero-order valence-corrected chi connectivity index (χ0v) is 12.6. The Labute approximate surface area is 123 Å². The van der Waals surface area contributed by atoms with E-state index in [1.54, 1.807) is 11.5 Å². The molecule has 1 aliphatic heterocycles. The number of aromatic nitrogens is 2. The molecule has 0 aromatic carbocycles. The molecule has 0 N–H and O–H groups in total. The smallest absolute Gasteiger partial charge is 0.313 e. The molecule has 0 spiro atoms. The van der Waals surface area contributed by atoms with E-state index in [-0.39, 0.29) is 12.4 Å². The van der Waals surface area contributed by atoms with E-state index < -0.39 is 0 Å². The molecule has 6 nitrogen and oxygen atoms in total. The van der Waals surface area contributed by atoms with E-state index in [0.29, 0.717) is 30.3 Å². The summed E-state index contributed by atoms with van der Waals surface area (Å²) in [6, 6.07) is 1.86. The van der Waals surface area contributed by atoms with Gasteiger partial charge < -0.3 is 18.9 Å². The van der Waals surface area contributed by atoms with Crippen LogP contribution in [0.4, 0.5) is 5.82 Å². The van der Waals surface area contributed by atoms with Crippen molar-refractivity contribution in [2.45, 2.75) is 13.3 Å². The Morgan fingerprint density at radius 2 is 2.20 bits per heavy atom. The molecule has 0 unspecified atom stereocenters. The number of rotatable bonds is 4. The van der Waals surface area contributed by atoms with Crippen LogP contribution < -0.4 is 4.90 Å². The molecule has 2 rings (SSSR count). The van der Waals surface area contributed by atoms with Crippen LogP contribution in [0.1, 0.15) is 12.7 Å². The van der Waals surface area contributed by atoms with Crippen molar-refractivity contribution in [2.75, 3.05) is 37.8 Å². The monoisotopic (exact) mass is 297 g/mol. The predicted molar refractivity (Wildman–Crippen MR) is 77.4 cm³/mol. The summed E-state index contributed by atoms with van der Waals surface area (Å²) in [7, 11) is 1.81. The van der Waals surface area contributed by atoms with Crippen molar-refractivity contribution in [3.63, 3.8) is 0 Å². The number of anilines is 1. The zero-order valence-electron chi connectivity index (χ0n) is 11.8. The highest BCUT2D eigenvalue weighted by atomic mass is 32.1. The number of hydrogen-bond acceptors (Lipinski definition) is 6. The highest BCUT2D eigenvalue weighted by Crippen LogP contribution is 2.15. The van der Waals surface area contributed by atoms with Crippen LogP contribution in [0.15, 0.2) is 6.07 Å². The van der Waals surface area contributed by atoms with E-state index in [4.69, 9.17) is 21.7 Å². The van der Waals surface area contributed by atoms with Gasteiger partial charge in [-0.05, 0) is 6.92 Å². The van der Waals surface area contributed by atoms with Crippen LogP contribution in [-0.2, 0) is 27.7 Å². The van der Waals surface area contributed by atoms with Gasteiger partial charge in [-0.2, -0.15) is 0 Å². The van der Waals surface area contributed by atoms with Crippen LogP contribution in [0.3, 0.4) is 0 Å². The molecule has 0 saturated carbocycles. The maximum Gasteiger partial charge on any atom is 0.313 e. The number of carbonyl (C=O) groups excluding carboxylic acids is 1. The van der Waals surface area contributed by atoms with Crippen LogP contribution in [0.5, 0.6) is 0 Å². The Kier molecular flexibility index (Phi) is 5.08. The van der Waals surface area contributed by atoms with Crippen molar-refractivity contribution in [3.05, 3.63) is 16.5 Å². The Morgan fingerprint density at radius 3 is 2.85 bits per heavy atom. The summed E-state index contributed by atoms with van der Waals surface area (Å²) in [4.78, 5) is 18.3. The van der Waals surface area contributed by atoms with E-state index in [0.717, 1.165) is 18.9 Å². The fourth-order valence-corrected chi connectivity index (χ4v) is 2.24. The van der Waals surface area contributed by atoms with Crippen LogP contribution in [0, 0.1) is 4.64 Å². The first-order chi connectivity index (χ1) is 9.61. The molecular weight excluding hydrogens is 278 g/mol. The first-order valence-corrected chi connectivity index (χ1v) is 7.08. The Hall–Kier alpha value is -1.47. The van der Waals surface area contributed by atoms with Crippen molar-refractivity contribution < 1.29 is 14.3 Å².